The van der Waals surface area contributed by atoms with Crippen LogP contribution in [0.3, 0.4) is 0 Å². The van der Waals surface area contributed by atoms with Crippen molar-refractivity contribution >= 4 is 21.9 Å². The highest BCUT2D eigenvalue weighted by atomic mass is 16.7. The second-order valence-electron chi connectivity index (χ2n) is 10.1. The summed E-state index contributed by atoms with van der Waals surface area (Å²) in [5.74, 6) is -0.0785. The summed E-state index contributed by atoms with van der Waals surface area (Å²) in [7, 11) is 5.36. The second-order valence-corrected chi connectivity index (χ2v) is 10.1. The van der Waals surface area contributed by atoms with Crippen LogP contribution in [-0.2, 0) is 14.2 Å². The Morgan fingerprint density at radius 2 is 1.43 bits per heavy atom. The second kappa shape index (κ2) is 12.9. The van der Waals surface area contributed by atoms with Gasteiger partial charge in [-0.05, 0) is 18.2 Å². The zero-order valence-corrected chi connectivity index (χ0v) is 24.1. The largest absolute Gasteiger partial charge is 0.497 e. The van der Waals surface area contributed by atoms with E-state index in [1.54, 1.807) is 6.07 Å². The number of aliphatic hydroxyl groups excluding tert-OH is 6. The highest BCUT2D eigenvalue weighted by Gasteiger charge is 2.47. The smallest absolute Gasteiger partial charge is 0.229 e. The fourth-order valence-corrected chi connectivity index (χ4v) is 5.14. The van der Waals surface area contributed by atoms with Crippen LogP contribution in [0.15, 0.2) is 27.4 Å². The zero-order chi connectivity index (χ0) is 31.9. The molecular formula is C28H34O16. The van der Waals surface area contributed by atoms with E-state index in [2.05, 4.69) is 0 Å². The van der Waals surface area contributed by atoms with Crippen LogP contribution in [0.1, 0.15) is 0 Å². The van der Waals surface area contributed by atoms with Gasteiger partial charge in [-0.1, -0.05) is 0 Å². The molecule has 0 unspecified atom stereocenters. The summed E-state index contributed by atoms with van der Waals surface area (Å²) in [5.41, 5.74) is -0.489. The van der Waals surface area contributed by atoms with Crippen molar-refractivity contribution in [3.05, 3.63) is 28.4 Å². The first-order chi connectivity index (χ1) is 21.1. The van der Waals surface area contributed by atoms with Crippen molar-refractivity contribution in [2.45, 2.75) is 55.3 Å². The van der Waals surface area contributed by atoms with Gasteiger partial charge in [-0.3, -0.25) is 4.79 Å². The summed E-state index contributed by atoms with van der Waals surface area (Å²) in [6.45, 7) is -0.856. The van der Waals surface area contributed by atoms with E-state index in [0.717, 1.165) is 0 Å². The van der Waals surface area contributed by atoms with Gasteiger partial charge in [0.2, 0.25) is 29.0 Å². The van der Waals surface area contributed by atoms with Gasteiger partial charge in [0.05, 0.1) is 47.0 Å². The molecule has 2 saturated heterocycles. The molecule has 1 aromatic heterocycles. The summed E-state index contributed by atoms with van der Waals surface area (Å²) in [6, 6.07) is 4.60. The van der Waals surface area contributed by atoms with Crippen molar-refractivity contribution in [3.8, 4) is 28.7 Å². The topological polar surface area (TPSA) is 225 Å². The highest BCUT2D eigenvalue weighted by Crippen LogP contribution is 2.51. The molecule has 16 nitrogen and oxygen atoms in total. The fourth-order valence-electron chi connectivity index (χ4n) is 5.14. The van der Waals surface area contributed by atoms with E-state index in [9.17, 15) is 35.4 Å². The Labute approximate surface area is 249 Å². The van der Waals surface area contributed by atoms with Gasteiger partial charge in [-0.15, -0.1) is 0 Å². The van der Waals surface area contributed by atoms with Crippen molar-refractivity contribution < 1.29 is 73.0 Å². The Morgan fingerprint density at radius 1 is 0.773 bits per heavy atom. The first-order valence-corrected chi connectivity index (χ1v) is 13.5. The Morgan fingerprint density at radius 3 is 2.09 bits per heavy atom. The number of benzene rings is 2. The third-order valence-electron chi connectivity index (χ3n) is 7.54. The van der Waals surface area contributed by atoms with Crippen LogP contribution >= 0.6 is 0 Å². The molecular weight excluding hydrogens is 592 g/mol. The summed E-state index contributed by atoms with van der Waals surface area (Å²) in [6.07, 6.45) is -14.4. The zero-order valence-electron chi connectivity index (χ0n) is 24.1. The van der Waals surface area contributed by atoms with Gasteiger partial charge in [0.15, 0.2) is 17.6 Å². The number of rotatable bonds is 9. The molecule has 6 N–H and O–H groups in total. The van der Waals surface area contributed by atoms with Crippen molar-refractivity contribution in [2.24, 2.45) is 0 Å². The van der Waals surface area contributed by atoms with Gasteiger partial charge < -0.3 is 73.0 Å². The molecule has 0 spiro atoms. The average molecular weight is 627 g/mol. The van der Waals surface area contributed by atoms with Crippen molar-refractivity contribution in [2.75, 3.05) is 41.7 Å². The maximum atomic E-state index is 13.9. The molecule has 0 radical (unpaired) electrons. The Bertz CT molecular complexity index is 1540. The van der Waals surface area contributed by atoms with E-state index < -0.39 is 67.3 Å². The highest BCUT2D eigenvalue weighted by molar-refractivity contribution is 6.00. The van der Waals surface area contributed by atoms with Crippen LogP contribution in [0.2, 0.25) is 0 Å². The van der Waals surface area contributed by atoms with Crippen LogP contribution in [-0.4, -0.2) is 128 Å². The van der Waals surface area contributed by atoms with Crippen molar-refractivity contribution in [1.82, 2.24) is 0 Å². The molecule has 5 rings (SSSR count). The molecule has 0 saturated carbocycles. The van der Waals surface area contributed by atoms with Gasteiger partial charge in [0.25, 0.3) is 0 Å². The summed E-state index contributed by atoms with van der Waals surface area (Å²) < 4.78 is 50.3. The predicted octanol–water partition coefficient (Wildman–Crippen LogP) is -1.38. The van der Waals surface area contributed by atoms with Gasteiger partial charge in [0.1, 0.15) is 59.4 Å². The van der Waals surface area contributed by atoms with E-state index >= 15 is 0 Å². The van der Waals surface area contributed by atoms with E-state index in [4.69, 9.17) is 42.3 Å². The first-order valence-electron chi connectivity index (χ1n) is 13.5. The Kier molecular flexibility index (Phi) is 9.36. The third kappa shape index (κ3) is 5.48. The molecule has 44 heavy (non-hydrogen) atoms. The van der Waals surface area contributed by atoms with Gasteiger partial charge in [-0.2, -0.15) is 0 Å². The van der Waals surface area contributed by atoms with Crippen LogP contribution in [0.4, 0.5) is 0 Å². The molecule has 3 aromatic rings. The molecule has 9 atom stereocenters. The number of aliphatic hydroxyl groups is 6. The lowest BCUT2D eigenvalue weighted by Crippen LogP contribution is -2.61. The molecule has 0 aliphatic carbocycles. The van der Waals surface area contributed by atoms with Crippen molar-refractivity contribution in [3.63, 3.8) is 0 Å². The molecule has 2 aliphatic heterocycles. The number of fused-ring (bicyclic) bond motifs is 2. The summed E-state index contributed by atoms with van der Waals surface area (Å²) in [5, 5.41) is 61.8. The molecule has 16 heteroatoms. The average Bonchev–Trinajstić information content (AvgIpc) is 3.03. The predicted molar refractivity (Wildman–Crippen MR) is 147 cm³/mol. The van der Waals surface area contributed by atoms with Gasteiger partial charge in [0, 0.05) is 0 Å². The maximum Gasteiger partial charge on any atom is 0.229 e. The first kappa shape index (κ1) is 32.0. The fraction of sp³-hybridized carbons (Fsp3) is 0.536. The van der Waals surface area contributed by atoms with Gasteiger partial charge in [-0.25, -0.2) is 0 Å². The van der Waals surface area contributed by atoms with E-state index in [1.807, 2.05) is 0 Å². The van der Waals surface area contributed by atoms with E-state index in [1.165, 1.54) is 40.6 Å². The number of hydrogen-bond donors (Lipinski definition) is 6. The molecule has 2 aromatic carbocycles. The number of ether oxygens (including phenoxy) is 8. The van der Waals surface area contributed by atoms with E-state index in [-0.39, 0.29) is 51.5 Å². The molecule has 0 bridgehead atoms. The van der Waals surface area contributed by atoms with Crippen LogP contribution in [0, 0.1) is 0 Å². The Hall–Kier alpha value is -3.45. The monoisotopic (exact) mass is 626 g/mol. The maximum absolute atomic E-state index is 13.9. The molecule has 2 aliphatic rings. The minimum absolute atomic E-state index is 0.00621. The van der Waals surface area contributed by atoms with Crippen molar-refractivity contribution in [1.29, 1.82) is 0 Å². The minimum atomic E-state index is -1.85. The van der Waals surface area contributed by atoms with Crippen LogP contribution in [0.25, 0.3) is 21.9 Å². The normalized spacial score (nSPS) is 30.7. The summed E-state index contributed by atoms with van der Waals surface area (Å²) >= 11 is 0. The molecule has 242 valence electrons. The SMILES string of the molecule is COc1ccc2oc3c(OC)c(OC)c(OC)c(O[C@@H]4O[C@H](CO[C@@H]5OC[C@@H](O)[C@H](O)[C@H]5O)[C@@H](O)[C@H](O)[C@H]4O)c3c(=O)c2c1. The summed E-state index contributed by atoms with van der Waals surface area (Å²) in [4.78, 5) is 13.9. The van der Waals surface area contributed by atoms with Gasteiger partial charge >= 0.3 is 0 Å². The Balaban J connectivity index is 1.55. The third-order valence-corrected chi connectivity index (χ3v) is 7.54. The number of hydrogen-bond acceptors (Lipinski definition) is 16. The molecule has 2 fully saturated rings. The van der Waals surface area contributed by atoms with Crippen LogP contribution < -0.4 is 29.1 Å². The van der Waals surface area contributed by atoms with Crippen LogP contribution in [0.5, 0.6) is 28.7 Å². The molecule has 0 amide bonds. The molecule has 3 heterocycles. The van der Waals surface area contributed by atoms with E-state index in [0.29, 0.717) is 5.75 Å². The lowest BCUT2D eigenvalue weighted by atomic mass is 9.99. The lowest BCUT2D eigenvalue weighted by molar-refractivity contribution is -0.307. The minimum Gasteiger partial charge on any atom is -0.497 e. The quantitative estimate of drug-likeness (QED) is 0.151. The standard InChI is InChI=1S/C28H34O16/c1-36-10-5-6-13-11(7-10)16(30)15-22(42-13)24(37-2)26(39-4)25(38-3)23(15)44-28-21(35)19(33)18(32)14(43-28)9-41-27-20(34)17(31)12(29)8-40-27/h5-7,12,14,17-21,27-29,31-35H,8-9H2,1-4H3/t12-,14-,17+,18-,19+,20-,21-,27+,28+/m1/s1. The lowest BCUT2D eigenvalue weighted by Gasteiger charge is -2.41. The number of methoxy groups -OCH3 is 4.